The van der Waals surface area contributed by atoms with Crippen LogP contribution < -0.4 is 16.4 Å². The summed E-state index contributed by atoms with van der Waals surface area (Å²) in [6, 6.07) is 14.4. The van der Waals surface area contributed by atoms with Crippen molar-refractivity contribution in [3.8, 4) is 11.1 Å². The third-order valence-corrected chi connectivity index (χ3v) is 4.01. The standard InChI is InChI=1S/C19H15FN6O/c20-13-2-1-3-14(10-13)23-19(27)24-17-9-12(6-7-22-17)11-4-5-16-15(8-11)18(21)26-25-16/h1-10H,(H3,21,25,26)(H2,22,23,24,27). The number of hydrogen-bond acceptors (Lipinski definition) is 4. The zero-order valence-corrected chi connectivity index (χ0v) is 14.0. The van der Waals surface area contributed by atoms with E-state index in [1.807, 2.05) is 24.3 Å². The molecule has 0 aliphatic heterocycles. The van der Waals surface area contributed by atoms with Crippen LogP contribution in [0.5, 0.6) is 0 Å². The first-order valence-electron chi connectivity index (χ1n) is 8.12. The molecule has 0 atom stereocenters. The normalized spacial score (nSPS) is 10.7. The Kier molecular flexibility index (Phi) is 4.13. The van der Waals surface area contributed by atoms with Gasteiger partial charge in [0.05, 0.1) is 5.52 Å². The lowest BCUT2D eigenvalue weighted by Crippen LogP contribution is -2.20. The Hall–Kier alpha value is -3.94. The van der Waals surface area contributed by atoms with E-state index in [4.69, 9.17) is 5.73 Å². The van der Waals surface area contributed by atoms with Gasteiger partial charge in [0.25, 0.3) is 0 Å². The van der Waals surface area contributed by atoms with Crippen LogP contribution >= 0.6 is 0 Å². The number of aromatic nitrogens is 3. The molecule has 0 spiro atoms. The summed E-state index contributed by atoms with van der Waals surface area (Å²) < 4.78 is 13.2. The van der Waals surface area contributed by atoms with E-state index in [0.717, 1.165) is 22.0 Å². The number of nitrogens with zero attached hydrogens (tertiary/aromatic N) is 2. The molecule has 4 aromatic rings. The lowest BCUT2D eigenvalue weighted by molar-refractivity contribution is 0.262. The monoisotopic (exact) mass is 362 g/mol. The van der Waals surface area contributed by atoms with Gasteiger partial charge in [0.1, 0.15) is 11.6 Å². The number of anilines is 3. The van der Waals surface area contributed by atoms with Crippen LogP contribution in [-0.4, -0.2) is 21.2 Å². The number of pyridine rings is 1. The van der Waals surface area contributed by atoms with E-state index in [2.05, 4.69) is 25.8 Å². The van der Waals surface area contributed by atoms with Gasteiger partial charge < -0.3 is 11.1 Å². The molecule has 2 aromatic heterocycles. The lowest BCUT2D eigenvalue weighted by Gasteiger charge is -2.09. The Morgan fingerprint density at radius 2 is 1.89 bits per heavy atom. The number of aromatic amines is 1. The van der Waals surface area contributed by atoms with Crippen LogP contribution in [0.1, 0.15) is 0 Å². The fourth-order valence-electron chi connectivity index (χ4n) is 2.74. The molecule has 2 amide bonds. The van der Waals surface area contributed by atoms with Crippen LogP contribution in [0.2, 0.25) is 0 Å². The number of amides is 2. The predicted octanol–water partition coefficient (Wildman–Crippen LogP) is 3.99. The molecule has 0 saturated carbocycles. The van der Waals surface area contributed by atoms with Gasteiger partial charge in [-0.3, -0.25) is 10.4 Å². The number of hydrogen-bond donors (Lipinski definition) is 4. The zero-order chi connectivity index (χ0) is 18.8. The van der Waals surface area contributed by atoms with Crippen LogP contribution in [0.4, 0.5) is 26.5 Å². The number of rotatable bonds is 3. The van der Waals surface area contributed by atoms with Crippen LogP contribution in [0.15, 0.2) is 60.8 Å². The smallest absolute Gasteiger partial charge is 0.324 e. The van der Waals surface area contributed by atoms with Gasteiger partial charge in [0.15, 0.2) is 5.82 Å². The number of H-pyrrole nitrogens is 1. The van der Waals surface area contributed by atoms with Gasteiger partial charge >= 0.3 is 6.03 Å². The second-order valence-electron chi connectivity index (χ2n) is 5.89. The van der Waals surface area contributed by atoms with Crippen molar-refractivity contribution < 1.29 is 9.18 Å². The van der Waals surface area contributed by atoms with Crippen LogP contribution in [-0.2, 0) is 0 Å². The molecular weight excluding hydrogens is 347 g/mol. The number of halogens is 1. The molecule has 0 bridgehead atoms. The summed E-state index contributed by atoms with van der Waals surface area (Å²) in [5.74, 6) is 0.359. The predicted molar refractivity (Wildman–Crippen MR) is 103 cm³/mol. The molecule has 0 unspecified atom stereocenters. The van der Waals surface area contributed by atoms with Crippen molar-refractivity contribution in [1.29, 1.82) is 0 Å². The maximum atomic E-state index is 13.2. The van der Waals surface area contributed by atoms with Crippen molar-refractivity contribution in [3.63, 3.8) is 0 Å². The first-order valence-corrected chi connectivity index (χ1v) is 8.12. The summed E-state index contributed by atoms with van der Waals surface area (Å²) in [5, 5.41) is 12.9. The maximum absolute atomic E-state index is 13.2. The van der Waals surface area contributed by atoms with E-state index in [1.165, 1.54) is 18.2 Å². The minimum atomic E-state index is -0.514. The van der Waals surface area contributed by atoms with Gasteiger partial charge in [-0.25, -0.2) is 14.2 Å². The lowest BCUT2D eigenvalue weighted by atomic mass is 10.0. The van der Waals surface area contributed by atoms with Gasteiger partial charge in [-0.1, -0.05) is 12.1 Å². The molecule has 27 heavy (non-hydrogen) atoms. The SMILES string of the molecule is Nc1n[nH]c2ccc(-c3ccnc(NC(=O)Nc4cccc(F)c4)c3)cc12. The first-order chi connectivity index (χ1) is 13.1. The van der Waals surface area contributed by atoms with Crippen molar-refractivity contribution in [3.05, 3.63) is 66.6 Å². The molecule has 8 heteroatoms. The molecule has 0 aliphatic carbocycles. The molecule has 0 radical (unpaired) electrons. The number of carbonyl (C=O) groups excluding carboxylic acids is 1. The van der Waals surface area contributed by atoms with Gasteiger partial charge in [-0.05, 0) is 53.6 Å². The highest BCUT2D eigenvalue weighted by Crippen LogP contribution is 2.27. The Balaban J connectivity index is 1.54. The summed E-state index contributed by atoms with van der Waals surface area (Å²) in [4.78, 5) is 16.3. The van der Waals surface area contributed by atoms with Crippen LogP contribution in [0.3, 0.4) is 0 Å². The Morgan fingerprint density at radius 3 is 2.74 bits per heavy atom. The molecule has 7 nitrogen and oxygen atoms in total. The molecule has 5 N–H and O–H groups in total. The number of nitrogens with one attached hydrogen (secondary N) is 3. The van der Waals surface area contributed by atoms with Crippen molar-refractivity contribution in [1.82, 2.24) is 15.2 Å². The minimum absolute atomic E-state index is 0.351. The molecular formula is C19H15FN6O. The molecule has 2 heterocycles. The largest absolute Gasteiger partial charge is 0.382 e. The quantitative estimate of drug-likeness (QED) is 0.442. The van der Waals surface area contributed by atoms with Gasteiger partial charge in [-0.2, -0.15) is 5.10 Å². The highest BCUT2D eigenvalue weighted by atomic mass is 19.1. The van der Waals surface area contributed by atoms with Crippen molar-refractivity contribution in [2.24, 2.45) is 0 Å². The van der Waals surface area contributed by atoms with Crippen LogP contribution in [0.25, 0.3) is 22.0 Å². The van der Waals surface area contributed by atoms with E-state index < -0.39 is 11.8 Å². The van der Waals surface area contributed by atoms with Gasteiger partial charge in [0.2, 0.25) is 0 Å². The fraction of sp³-hybridized carbons (Fsp3) is 0. The summed E-state index contributed by atoms with van der Waals surface area (Å²) >= 11 is 0. The zero-order valence-electron chi connectivity index (χ0n) is 14.0. The molecule has 134 valence electrons. The van der Waals surface area contributed by atoms with E-state index >= 15 is 0 Å². The Morgan fingerprint density at radius 1 is 1.04 bits per heavy atom. The second kappa shape index (κ2) is 6.75. The molecule has 0 aliphatic rings. The van der Waals surface area contributed by atoms with Crippen LogP contribution in [0, 0.1) is 5.82 Å². The summed E-state index contributed by atoms with van der Waals surface area (Å²) in [6.45, 7) is 0. The third-order valence-electron chi connectivity index (χ3n) is 4.01. The number of benzene rings is 2. The fourth-order valence-corrected chi connectivity index (χ4v) is 2.74. The summed E-state index contributed by atoms with van der Waals surface area (Å²) in [5.41, 5.74) is 8.82. The molecule has 0 fully saturated rings. The molecule has 2 aromatic carbocycles. The van der Waals surface area contributed by atoms with Crippen molar-refractivity contribution in [2.45, 2.75) is 0 Å². The average Bonchev–Trinajstić information content (AvgIpc) is 3.02. The maximum Gasteiger partial charge on any atom is 0.324 e. The molecule has 4 rings (SSSR count). The topological polar surface area (TPSA) is 109 Å². The average molecular weight is 362 g/mol. The highest BCUT2D eigenvalue weighted by Gasteiger charge is 2.08. The van der Waals surface area contributed by atoms with Gasteiger partial charge in [0, 0.05) is 17.3 Å². The van der Waals surface area contributed by atoms with Gasteiger partial charge in [-0.15, -0.1) is 0 Å². The first kappa shape index (κ1) is 16.5. The van der Waals surface area contributed by atoms with Crippen molar-refractivity contribution in [2.75, 3.05) is 16.4 Å². The highest BCUT2D eigenvalue weighted by molar-refractivity contribution is 5.99. The Bertz CT molecular complexity index is 1140. The number of urea groups is 1. The van der Waals surface area contributed by atoms with E-state index in [-0.39, 0.29) is 0 Å². The number of fused-ring (bicyclic) bond motifs is 1. The summed E-state index contributed by atoms with van der Waals surface area (Å²) in [6.07, 6.45) is 1.59. The van der Waals surface area contributed by atoms with Crippen molar-refractivity contribution >= 4 is 34.3 Å². The second-order valence-corrected chi connectivity index (χ2v) is 5.89. The van der Waals surface area contributed by atoms with E-state index in [9.17, 15) is 9.18 Å². The number of nitrogen functional groups attached to an aromatic ring is 1. The minimum Gasteiger partial charge on any atom is -0.382 e. The molecule has 0 saturated heterocycles. The third kappa shape index (κ3) is 3.54. The number of nitrogens with two attached hydrogens (primary N) is 1. The van der Waals surface area contributed by atoms with E-state index in [1.54, 1.807) is 18.3 Å². The Labute approximate surface area is 153 Å². The van der Waals surface area contributed by atoms with E-state index in [0.29, 0.717) is 17.3 Å². The summed E-state index contributed by atoms with van der Waals surface area (Å²) in [7, 11) is 0. The number of carbonyl (C=O) groups is 1.